The van der Waals surface area contributed by atoms with E-state index in [0.717, 1.165) is 22.3 Å². The van der Waals surface area contributed by atoms with Crippen molar-refractivity contribution in [1.29, 1.82) is 0 Å². The predicted molar refractivity (Wildman–Crippen MR) is 278 cm³/mol. The zero-order chi connectivity index (χ0) is 51.4. The van der Waals surface area contributed by atoms with Crippen molar-refractivity contribution in [2.75, 3.05) is 26.9 Å². The quantitative estimate of drug-likeness (QED) is 0.0350. The fourth-order valence-electron chi connectivity index (χ4n) is 9.13. The minimum absolute atomic E-state index is 0.105. The number of hydrogen-bond acceptors (Lipinski definition) is 13. The molecule has 0 aliphatic carbocycles. The highest BCUT2D eigenvalue weighted by atomic mass is 28.4. The van der Waals surface area contributed by atoms with E-state index in [1.54, 1.807) is 37.5 Å². The lowest BCUT2D eigenvalue weighted by Gasteiger charge is -2.51. The summed E-state index contributed by atoms with van der Waals surface area (Å²) in [5.74, 6) is 0.435. The molecule has 0 radical (unpaired) electrons. The standard InChI is InChI=1S/C59H72O13Si/c1-9-34-62-52-49-47(38-66-56(71-49)45-28-20-13-21-29-45)69-58(54(52)70-55(60)44-26-18-12-19-27-44)72-50-48(39-67-73(7,8)59(4,5)40(2)3)68-57(65-37-42-24-16-11-17-25-42)53(64-35-41-22-14-10-15-23-41)51(50)63-36-43-30-32-46(61-6)33-31-43/h9-33,40,47-54,56-58H,1,34-39H2,2-8H3/t47-,48-,49+,50-,51+,52+,53-,54-,56+,57+,58+/m1/s1. The zero-order valence-electron chi connectivity index (χ0n) is 43.1. The molecule has 0 aromatic heterocycles. The van der Waals surface area contributed by atoms with E-state index in [4.69, 9.17) is 56.5 Å². The number of methoxy groups -OCH3 is 1. The maximum absolute atomic E-state index is 14.3. The van der Waals surface area contributed by atoms with Gasteiger partial charge in [0.2, 0.25) is 0 Å². The van der Waals surface area contributed by atoms with Crippen molar-refractivity contribution in [1.82, 2.24) is 0 Å². The van der Waals surface area contributed by atoms with Gasteiger partial charge in [0.05, 0.1) is 52.3 Å². The summed E-state index contributed by atoms with van der Waals surface area (Å²) in [5, 5.41) is -0.140. The van der Waals surface area contributed by atoms with Crippen LogP contribution >= 0.6 is 0 Å². The Kier molecular flexibility index (Phi) is 18.9. The van der Waals surface area contributed by atoms with Gasteiger partial charge in [0, 0.05) is 5.56 Å². The van der Waals surface area contributed by atoms with Gasteiger partial charge in [-0.05, 0) is 65.0 Å². The van der Waals surface area contributed by atoms with E-state index >= 15 is 0 Å². The number of carbonyl (C=O) groups excluding carboxylic acids is 1. The summed E-state index contributed by atoms with van der Waals surface area (Å²) in [6.07, 6.45) is -8.60. The molecule has 0 amide bonds. The number of benzene rings is 5. The summed E-state index contributed by atoms with van der Waals surface area (Å²) >= 11 is 0. The van der Waals surface area contributed by atoms with E-state index in [-0.39, 0.29) is 44.7 Å². The number of ether oxygens (including phenoxy) is 11. The first-order chi connectivity index (χ1) is 35.3. The molecule has 3 heterocycles. The normalized spacial score (nSPS) is 26.4. The Morgan fingerprint density at radius 2 is 1.25 bits per heavy atom. The van der Waals surface area contributed by atoms with Gasteiger partial charge in [-0.15, -0.1) is 6.58 Å². The molecule has 0 bridgehead atoms. The summed E-state index contributed by atoms with van der Waals surface area (Å²) in [6.45, 7) is 18.3. The first kappa shape index (κ1) is 54.2. The first-order valence-corrected chi connectivity index (χ1v) is 28.2. The largest absolute Gasteiger partial charge is 0.497 e. The highest BCUT2D eigenvalue weighted by Gasteiger charge is 2.57. The van der Waals surface area contributed by atoms with E-state index < -0.39 is 82.0 Å². The summed E-state index contributed by atoms with van der Waals surface area (Å²) in [6, 6.07) is 46.0. The van der Waals surface area contributed by atoms with Crippen LogP contribution in [-0.2, 0) is 71.6 Å². The molecule has 3 aliphatic heterocycles. The van der Waals surface area contributed by atoms with Crippen molar-refractivity contribution in [3.05, 3.63) is 186 Å². The molecular weight excluding hydrogens is 945 g/mol. The van der Waals surface area contributed by atoms with Crippen LogP contribution in [0, 0.1) is 5.92 Å². The highest BCUT2D eigenvalue weighted by molar-refractivity contribution is 6.74. The van der Waals surface area contributed by atoms with E-state index in [1.807, 2.05) is 121 Å². The summed E-state index contributed by atoms with van der Waals surface area (Å²) in [4.78, 5) is 14.3. The lowest BCUT2D eigenvalue weighted by atomic mass is 9.95. The predicted octanol–water partition coefficient (Wildman–Crippen LogP) is 10.8. The Balaban J connectivity index is 1.22. The fraction of sp³-hybridized carbons (Fsp3) is 0.441. The molecule has 8 rings (SSSR count). The molecule has 0 spiro atoms. The molecule has 14 heteroatoms. The number of fused-ring (bicyclic) bond motifs is 1. The van der Waals surface area contributed by atoms with E-state index in [2.05, 4.69) is 47.4 Å². The molecule has 0 unspecified atom stereocenters. The molecule has 3 fully saturated rings. The molecule has 0 saturated carbocycles. The first-order valence-electron chi connectivity index (χ1n) is 25.3. The minimum Gasteiger partial charge on any atom is -0.497 e. The minimum atomic E-state index is -2.51. The van der Waals surface area contributed by atoms with Gasteiger partial charge in [0.25, 0.3) is 0 Å². The van der Waals surface area contributed by atoms with Crippen LogP contribution in [-0.4, -0.2) is 103 Å². The van der Waals surface area contributed by atoms with Gasteiger partial charge in [-0.3, -0.25) is 0 Å². The number of esters is 1. The van der Waals surface area contributed by atoms with E-state index in [0.29, 0.717) is 17.2 Å². The number of carbonyl (C=O) groups is 1. The molecule has 3 saturated heterocycles. The maximum Gasteiger partial charge on any atom is 0.338 e. The van der Waals surface area contributed by atoms with Crippen molar-refractivity contribution in [2.24, 2.45) is 5.92 Å². The average molecular weight is 1020 g/mol. The van der Waals surface area contributed by atoms with Gasteiger partial charge < -0.3 is 56.5 Å². The fourth-order valence-corrected chi connectivity index (χ4v) is 11.5. The van der Waals surface area contributed by atoms with Crippen molar-refractivity contribution >= 4 is 14.3 Å². The molecule has 390 valence electrons. The van der Waals surface area contributed by atoms with Crippen LogP contribution in [0.1, 0.15) is 66.6 Å². The summed E-state index contributed by atoms with van der Waals surface area (Å²) in [5.41, 5.74) is 3.92. The molecule has 5 aromatic carbocycles. The SMILES string of the molecule is C=CCO[C@H]1[C@H]2O[C@@H](c3ccccc3)OC[C@H]2O[C@@H](O[C@H]2[C@H](OCc3ccc(OC)cc3)[C@@H](OCc3ccccc3)[C@@H](OCc3ccccc3)O[C@@H]2CO[Si](C)(C)C(C)(C)C(C)C)[C@@H]1OC(=O)c1ccccc1. The van der Waals surface area contributed by atoms with Crippen molar-refractivity contribution in [3.63, 3.8) is 0 Å². The molecule has 13 nitrogen and oxygen atoms in total. The second kappa shape index (κ2) is 25.4. The highest BCUT2D eigenvalue weighted by Crippen LogP contribution is 2.46. The Hall–Kier alpha value is -5.07. The van der Waals surface area contributed by atoms with Crippen molar-refractivity contribution in [3.8, 4) is 5.75 Å². The second-order valence-corrected chi connectivity index (χ2v) is 24.7. The van der Waals surface area contributed by atoms with Gasteiger partial charge >= 0.3 is 5.97 Å². The molecule has 5 aromatic rings. The van der Waals surface area contributed by atoms with Crippen molar-refractivity contribution in [2.45, 2.75) is 133 Å². The van der Waals surface area contributed by atoms with Crippen LogP contribution in [0.4, 0.5) is 0 Å². The van der Waals surface area contributed by atoms with E-state index in [9.17, 15) is 4.79 Å². The van der Waals surface area contributed by atoms with Gasteiger partial charge in [0.15, 0.2) is 33.3 Å². The van der Waals surface area contributed by atoms with Gasteiger partial charge in [-0.1, -0.05) is 155 Å². The van der Waals surface area contributed by atoms with Crippen LogP contribution < -0.4 is 4.74 Å². The Morgan fingerprint density at radius 3 is 1.85 bits per heavy atom. The van der Waals surface area contributed by atoms with Crippen LogP contribution in [0.2, 0.25) is 18.1 Å². The smallest absolute Gasteiger partial charge is 0.338 e. The molecule has 11 atom stereocenters. The number of rotatable bonds is 23. The second-order valence-electron chi connectivity index (χ2n) is 20.1. The van der Waals surface area contributed by atoms with Gasteiger partial charge in [-0.2, -0.15) is 0 Å². The monoisotopic (exact) mass is 1020 g/mol. The lowest BCUT2D eigenvalue weighted by Crippen LogP contribution is -2.67. The van der Waals surface area contributed by atoms with Gasteiger partial charge in [-0.25, -0.2) is 4.79 Å². The third-order valence-electron chi connectivity index (χ3n) is 14.6. The molecule has 0 N–H and O–H groups in total. The van der Waals surface area contributed by atoms with Crippen LogP contribution in [0.25, 0.3) is 0 Å². The molecule has 3 aliphatic rings. The van der Waals surface area contributed by atoms with Crippen LogP contribution in [0.15, 0.2) is 158 Å². The third kappa shape index (κ3) is 13.6. The maximum atomic E-state index is 14.3. The summed E-state index contributed by atoms with van der Waals surface area (Å²) in [7, 11) is -0.878. The Morgan fingerprint density at radius 1 is 0.671 bits per heavy atom. The van der Waals surface area contributed by atoms with Gasteiger partial charge in [0.1, 0.15) is 48.5 Å². The van der Waals surface area contributed by atoms with Crippen LogP contribution in [0.5, 0.6) is 5.75 Å². The third-order valence-corrected chi connectivity index (χ3v) is 19.2. The van der Waals surface area contributed by atoms with Crippen molar-refractivity contribution < 1.29 is 61.3 Å². The molecular formula is C59H72O13Si. The number of hydrogen-bond donors (Lipinski definition) is 0. The lowest BCUT2D eigenvalue weighted by molar-refractivity contribution is -0.391. The topological polar surface area (TPSA) is 128 Å². The Bertz CT molecular complexity index is 2440. The zero-order valence-corrected chi connectivity index (χ0v) is 44.1. The molecule has 73 heavy (non-hydrogen) atoms. The van der Waals surface area contributed by atoms with E-state index in [1.165, 1.54) is 0 Å². The summed E-state index contributed by atoms with van der Waals surface area (Å²) < 4.78 is 81.3. The average Bonchev–Trinajstić information content (AvgIpc) is 3.42. The Labute approximate surface area is 432 Å². The van der Waals surface area contributed by atoms with Crippen LogP contribution in [0.3, 0.4) is 0 Å².